The van der Waals surface area contributed by atoms with E-state index in [1.54, 1.807) is 115 Å². The molecule has 0 saturated carbocycles. The van der Waals surface area contributed by atoms with Gasteiger partial charge in [-0.25, -0.2) is 14.4 Å². The van der Waals surface area contributed by atoms with Crippen LogP contribution in [0.15, 0.2) is 127 Å². The predicted octanol–water partition coefficient (Wildman–Crippen LogP) is 9.03. The number of carbonyl (C=O) groups is 3. The number of hydrogen-bond acceptors (Lipinski definition) is 10. The van der Waals surface area contributed by atoms with Crippen LogP contribution < -0.4 is 10.5 Å². The number of methoxy groups -OCH3 is 1. The Kier molecular flexibility index (Phi) is 20.1. The lowest BCUT2D eigenvalue weighted by Gasteiger charge is -2.35. The zero-order chi connectivity index (χ0) is 42.4. The third-order valence-electron chi connectivity index (χ3n) is 7.73. The normalized spacial score (nSPS) is 16.2. The van der Waals surface area contributed by atoms with Crippen LogP contribution in [0.4, 0.5) is 13.2 Å². The lowest BCUT2D eigenvalue weighted by atomic mass is 10.0. The molecule has 0 bridgehead atoms. The molecule has 3 atom stereocenters. The molecule has 1 aliphatic rings. The molecule has 57 heavy (non-hydrogen) atoms. The number of esters is 2. The Morgan fingerprint density at radius 2 is 1.25 bits per heavy atom. The molecule has 11 nitrogen and oxygen atoms in total. The fourth-order valence-corrected chi connectivity index (χ4v) is 5.03. The largest absolute Gasteiger partial charge is 0.497 e. The molecule has 0 spiro atoms. The molecule has 0 aliphatic carbocycles. The van der Waals surface area contributed by atoms with Crippen LogP contribution in [0.2, 0.25) is 0 Å². The van der Waals surface area contributed by atoms with Crippen molar-refractivity contribution in [3.8, 4) is 5.75 Å². The van der Waals surface area contributed by atoms with Crippen LogP contribution in [0.3, 0.4) is 0 Å². The first-order valence-corrected chi connectivity index (χ1v) is 18.2. The van der Waals surface area contributed by atoms with E-state index >= 15 is 0 Å². The molecule has 306 valence electrons. The van der Waals surface area contributed by atoms with Crippen molar-refractivity contribution in [2.24, 2.45) is 5.73 Å². The Balaban J connectivity index is 0.000000742. The molecular formula is C43H49F3N2O9. The number of rotatable bonds is 11. The van der Waals surface area contributed by atoms with Gasteiger partial charge in [0.15, 0.2) is 0 Å². The topological polar surface area (TPSA) is 167 Å². The van der Waals surface area contributed by atoms with E-state index in [0.29, 0.717) is 28.0 Å². The number of alkyl halides is 3. The second kappa shape index (κ2) is 24.4. The summed E-state index contributed by atoms with van der Waals surface area (Å²) in [6, 6.07) is 31.0. The van der Waals surface area contributed by atoms with Gasteiger partial charge >= 0.3 is 24.1 Å². The molecule has 3 unspecified atom stereocenters. The SMILES string of the molecule is CC.CC.COc1ccc(C/C(C(=N)OC2CC(OC(=O)c3ccccc3)CC(COC(=O)c3ccccc3)O2)=C(/N)C(F)(F)F)cc1.O=C(O)c1ccccc1. The number of halogens is 3. The number of aromatic carboxylic acids is 1. The minimum atomic E-state index is -4.94. The lowest BCUT2D eigenvalue weighted by Crippen LogP contribution is -2.42. The fourth-order valence-electron chi connectivity index (χ4n) is 5.03. The van der Waals surface area contributed by atoms with Gasteiger partial charge in [-0.1, -0.05) is 94.4 Å². The van der Waals surface area contributed by atoms with Crippen molar-refractivity contribution in [1.29, 1.82) is 5.41 Å². The maximum atomic E-state index is 13.7. The highest BCUT2D eigenvalue weighted by atomic mass is 19.4. The van der Waals surface area contributed by atoms with Crippen molar-refractivity contribution in [2.45, 2.75) is 71.6 Å². The highest BCUT2D eigenvalue weighted by Crippen LogP contribution is 2.30. The summed E-state index contributed by atoms with van der Waals surface area (Å²) in [6.45, 7) is 7.74. The van der Waals surface area contributed by atoms with Gasteiger partial charge in [0, 0.05) is 24.8 Å². The van der Waals surface area contributed by atoms with Gasteiger partial charge in [-0.3, -0.25) is 5.41 Å². The molecule has 4 aromatic carbocycles. The predicted molar refractivity (Wildman–Crippen MR) is 209 cm³/mol. The third kappa shape index (κ3) is 15.9. The average Bonchev–Trinajstić information content (AvgIpc) is 3.24. The summed E-state index contributed by atoms with van der Waals surface area (Å²) in [6.07, 6.45) is -8.32. The van der Waals surface area contributed by atoms with Gasteiger partial charge < -0.3 is 34.5 Å². The van der Waals surface area contributed by atoms with E-state index in [-0.39, 0.29) is 25.9 Å². The van der Waals surface area contributed by atoms with E-state index in [4.69, 9.17) is 39.9 Å². The number of benzene rings is 4. The van der Waals surface area contributed by atoms with Gasteiger partial charge in [0.2, 0.25) is 12.2 Å². The first-order chi connectivity index (χ1) is 27.3. The second-order valence-corrected chi connectivity index (χ2v) is 11.5. The molecule has 0 aromatic heterocycles. The number of hydrogen-bond donors (Lipinski definition) is 3. The van der Waals surface area contributed by atoms with Crippen LogP contribution in [0.5, 0.6) is 5.75 Å². The van der Waals surface area contributed by atoms with E-state index < -0.39 is 59.8 Å². The second-order valence-electron chi connectivity index (χ2n) is 11.5. The number of allylic oxidation sites excluding steroid dienone is 1. The molecule has 1 heterocycles. The Bertz CT molecular complexity index is 1860. The van der Waals surface area contributed by atoms with Gasteiger partial charge in [0.1, 0.15) is 24.2 Å². The van der Waals surface area contributed by atoms with Crippen LogP contribution in [0, 0.1) is 5.41 Å². The van der Waals surface area contributed by atoms with Gasteiger partial charge in [0.25, 0.3) is 0 Å². The number of nitrogens with one attached hydrogen (secondary N) is 1. The summed E-state index contributed by atoms with van der Waals surface area (Å²) >= 11 is 0. The number of ether oxygens (including phenoxy) is 5. The van der Waals surface area contributed by atoms with Crippen molar-refractivity contribution in [3.05, 3.63) is 149 Å². The summed E-state index contributed by atoms with van der Waals surface area (Å²) in [5, 5.41) is 16.8. The summed E-state index contributed by atoms with van der Waals surface area (Å²) in [4.78, 5) is 35.5. The molecule has 14 heteroatoms. The smallest absolute Gasteiger partial charge is 0.431 e. The lowest BCUT2D eigenvalue weighted by molar-refractivity contribution is -0.191. The van der Waals surface area contributed by atoms with Gasteiger partial charge in [-0.2, -0.15) is 13.2 Å². The first kappa shape index (κ1) is 47.0. The molecule has 1 aliphatic heterocycles. The number of nitrogens with two attached hydrogens (primary N) is 1. The molecule has 1 fully saturated rings. The minimum absolute atomic E-state index is 0.104. The molecule has 4 N–H and O–H groups in total. The Hall–Kier alpha value is -6.15. The summed E-state index contributed by atoms with van der Waals surface area (Å²) in [5.41, 5.74) is 4.72. The van der Waals surface area contributed by atoms with Crippen LogP contribution in [-0.4, -0.2) is 67.3 Å². The van der Waals surface area contributed by atoms with Crippen molar-refractivity contribution in [2.75, 3.05) is 13.7 Å². The Morgan fingerprint density at radius 1 is 0.754 bits per heavy atom. The minimum Gasteiger partial charge on any atom is -0.497 e. The van der Waals surface area contributed by atoms with Crippen LogP contribution >= 0.6 is 0 Å². The highest BCUT2D eigenvalue weighted by molar-refractivity contribution is 5.92. The summed E-state index contributed by atoms with van der Waals surface area (Å²) in [5.74, 6) is -2.50. The molecule has 1 saturated heterocycles. The Morgan fingerprint density at radius 3 is 1.70 bits per heavy atom. The quantitative estimate of drug-likeness (QED) is 0.0757. The summed E-state index contributed by atoms with van der Waals surface area (Å²) in [7, 11) is 1.45. The summed E-state index contributed by atoms with van der Waals surface area (Å²) < 4.78 is 68.7. The van der Waals surface area contributed by atoms with E-state index in [1.165, 1.54) is 7.11 Å². The van der Waals surface area contributed by atoms with Gasteiger partial charge in [-0.05, 0) is 54.1 Å². The number of carbonyl (C=O) groups excluding carboxylic acids is 2. The fraction of sp³-hybridized carbons (Fsp3) is 0.302. The maximum Gasteiger partial charge on any atom is 0.431 e. The van der Waals surface area contributed by atoms with E-state index in [0.717, 1.165) is 0 Å². The number of carboxylic acid groups (broad SMARTS) is 1. The van der Waals surface area contributed by atoms with Crippen molar-refractivity contribution in [1.82, 2.24) is 0 Å². The maximum absolute atomic E-state index is 13.7. The first-order valence-electron chi connectivity index (χ1n) is 18.2. The monoisotopic (exact) mass is 794 g/mol. The van der Waals surface area contributed by atoms with Crippen LogP contribution in [0.1, 0.15) is 77.2 Å². The van der Waals surface area contributed by atoms with Gasteiger partial charge in [0.05, 0.1) is 29.9 Å². The van der Waals surface area contributed by atoms with Gasteiger partial charge in [-0.15, -0.1) is 0 Å². The van der Waals surface area contributed by atoms with Crippen molar-refractivity contribution in [3.63, 3.8) is 0 Å². The van der Waals surface area contributed by atoms with Crippen molar-refractivity contribution < 1.29 is 56.3 Å². The molecular weight excluding hydrogens is 745 g/mol. The molecule has 0 amide bonds. The number of carboxylic acids is 1. The zero-order valence-electron chi connectivity index (χ0n) is 32.5. The van der Waals surface area contributed by atoms with E-state index in [2.05, 4.69) is 0 Å². The highest BCUT2D eigenvalue weighted by Gasteiger charge is 2.38. The standard InChI is InChI=1S/C32H31F3N2O7.C7H6O2.2C2H6/c1-40-23-14-12-20(13-15-23)16-26(28(36)32(33,34)35)29(37)44-27-18-24(43-31(39)22-10-6-3-7-11-22)17-25(42-27)19-41-30(38)21-8-4-2-5-9-21;8-7(9)6-4-2-1-3-5-6;2*1-2/h2-15,24-25,27,37H,16-19,36H2,1H3;1-5H,(H,8,9);2*1-2H3/b28-26-,37-29?;;;. The zero-order valence-corrected chi connectivity index (χ0v) is 32.5. The van der Waals surface area contributed by atoms with E-state index in [1.807, 2.05) is 27.7 Å². The van der Waals surface area contributed by atoms with E-state index in [9.17, 15) is 27.6 Å². The van der Waals surface area contributed by atoms with Crippen molar-refractivity contribution >= 4 is 23.8 Å². The van der Waals surface area contributed by atoms with Crippen LogP contribution in [0.25, 0.3) is 0 Å². The Labute approximate surface area is 330 Å². The molecule has 4 aromatic rings. The third-order valence-corrected chi connectivity index (χ3v) is 7.73. The average molecular weight is 795 g/mol. The molecule has 5 rings (SSSR count). The molecule has 0 radical (unpaired) electrons. The van der Waals surface area contributed by atoms with Crippen LogP contribution in [-0.2, 0) is 25.4 Å².